The van der Waals surface area contributed by atoms with E-state index in [9.17, 15) is 14.7 Å². The molecule has 152 valence electrons. The molecule has 28 heavy (non-hydrogen) atoms. The number of nitrogens with zero attached hydrogens (tertiary/aromatic N) is 1. The Labute approximate surface area is 164 Å². The van der Waals surface area contributed by atoms with Crippen molar-refractivity contribution in [3.63, 3.8) is 0 Å². The van der Waals surface area contributed by atoms with E-state index in [1.165, 1.54) is 0 Å². The van der Waals surface area contributed by atoms with E-state index in [-0.39, 0.29) is 18.7 Å². The number of hydrogen-bond acceptors (Lipinski definition) is 6. The van der Waals surface area contributed by atoms with Gasteiger partial charge in [-0.2, -0.15) is 0 Å². The Bertz CT molecular complexity index is 739. The molecule has 3 N–H and O–H groups in total. The van der Waals surface area contributed by atoms with Gasteiger partial charge in [0.05, 0.1) is 31.4 Å². The van der Waals surface area contributed by atoms with Crippen molar-refractivity contribution in [2.24, 2.45) is 0 Å². The van der Waals surface area contributed by atoms with Gasteiger partial charge < -0.3 is 25.2 Å². The summed E-state index contributed by atoms with van der Waals surface area (Å²) in [5.41, 5.74) is 1.71. The van der Waals surface area contributed by atoms with Crippen LogP contribution in [0.15, 0.2) is 35.5 Å². The van der Waals surface area contributed by atoms with Crippen LogP contribution in [0.25, 0.3) is 0 Å². The van der Waals surface area contributed by atoms with Crippen molar-refractivity contribution >= 4 is 12.0 Å². The SMILES string of the molecule is CCOC(=O)C1=C(CN2CCC(O)CC2)NC(=O)NC1c1ccc(OC)cc1. The number of carbonyl (C=O) groups is 2. The fourth-order valence-electron chi connectivity index (χ4n) is 3.54. The minimum atomic E-state index is -0.607. The molecule has 2 aliphatic heterocycles. The van der Waals surface area contributed by atoms with Crippen LogP contribution in [0.3, 0.4) is 0 Å². The number of esters is 1. The average Bonchev–Trinajstić information content (AvgIpc) is 2.69. The molecule has 0 aromatic heterocycles. The van der Waals surface area contributed by atoms with Gasteiger partial charge >= 0.3 is 12.0 Å². The van der Waals surface area contributed by atoms with Crippen molar-refractivity contribution in [3.05, 3.63) is 41.1 Å². The van der Waals surface area contributed by atoms with Crippen molar-refractivity contribution in [2.45, 2.75) is 31.9 Å². The minimum Gasteiger partial charge on any atom is -0.497 e. The summed E-state index contributed by atoms with van der Waals surface area (Å²) in [6.45, 7) is 3.83. The van der Waals surface area contributed by atoms with Crippen molar-refractivity contribution in [1.29, 1.82) is 0 Å². The predicted octanol–water partition coefficient (Wildman–Crippen LogP) is 1.32. The number of benzene rings is 1. The van der Waals surface area contributed by atoms with E-state index in [1.54, 1.807) is 26.2 Å². The number of methoxy groups -OCH3 is 1. The monoisotopic (exact) mass is 389 g/mol. The highest BCUT2D eigenvalue weighted by Gasteiger charge is 2.34. The highest BCUT2D eigenvalue weighted by atomic mass is 16.5. The van der Waals surface area contributed by atoms with Crippen molar-refractivity contribution in [2.75, 3.05) is 33.4 Å². The molecule has 3 rings (SSSR count). The van der Waals surface area contributed by atoms with Crippen LogP contribution in [-0.2, 0) is 9.53 Å². The van der Waals surface area contributed by atoms with E-state index in [4.69, 9.17) is 9.47 Å². The lowest BCUT2D eigenvalue weighted by Crippen LogP contribution is -2.49. The van der Waals surface area contributed by atoms with Gasteiger partial charge in [-0.05, 0) is 37.5 Å². The normalized spacial score (nSPS) is 21.1. The first-order chi connectivity index (χ1) is 13.5. The van der Waals surface area contributed by atoms with Crippen LogP contribution in [-0.4, -0.2) is 61.5 Å². The molecule has 1 unspecified atom stereocenters. The Balaban J connectivity index is 1.93. The Kier molecular flexibility index (Phi) is 6.53. The summed E-state index contributed by atoms with van der Waals surface area (Å²) in [4.78, 5) is 27.2. The summed E-state index contributed by atoms with van der Waals surface area (Å²) >= 11 is 0. The molecule has 8 heteroatoms. The third-order valence-corrected chi connectivity index (χ3v) is 5.04. The second kappa shape index (κ2) is 9.07. The third kappa shape index (κ3) is 4.63. The lowest BCUT2D eigenvalue weighted by Gasteiger charge is -2.34. The maximum atomic E-state index is 12.8. The number of nitrogens with one attached hydrogen (secondary N) is 2. The predicted molar refractivity (Wildman–Crippen MR) is 103 cm³/mol. The number of likely N-dealkylation sites (tertiary alicyclic amines) is 1. The Morgan fingerprint density at radius 1 is 1.25 bits per heavy atom. The fraction of sp³-hybridized carbons (Fsp3) is 0.500. The molecule has 1 atom stereocenters. The van der Waals surface area contributed by atoms with Gasteiger partial charge in [0, 0.05) is 25.3 Å². The van der Waals surface area contributed by atoms with Crippen LogP contribution >= 0.6 is 0 Å². The summed E-state index contributed by atoms with van der Waals surface area (Å²) in [5.74, 6) is 0.237. The Hall–Kier alpha value is -2.58. The van der Waals surface area contributed by atoms with Gasteiger partial charge in [-0.25, -0.2) is 9.59 Å². The first-order valence-electron chi connectivity index (χ1n) is 9.53. The third-order valence-electron chi connectivity index (χ3n) is 5.04. The molecule has 1 saturated heterocycles. The van der Waals surface area contributed by atoms with Crippen LogP contribution in [0.4, 0.5) is 4.79 Å². The summed E-state index contributed by atoms with van der Waals surface area (Å²) < 4.78 is 10.5. The van der Waals surface area contributed by atoms with Gasteiger partial charge in [0.15, 0.2) is 0 Å². The second-order valence-corrected chi connectivity index (χ2v) is 6.92. The molecule has 8 nitrogen and oxygen atoms in total. The molecular formula is C20H27N3O5. The molecule has 1 fully saturated rings. The van der Waals surface area contributed by atoms with Crippen molar-refractivity contribution < 1.29 is 24.2 Å². The zero-order chi connectivity index (χ0) is 20.1. The number of urea groups is 1. The van der Waals surface area contributed by atoms with Crippen LogP contribution < -0.4 is 15.4 Å². The van der Waals surface area contributed by atoms with Crippen LogP contribution in [0.2, 0.25) is 0 Å². The standard InChI is InChI=1S/C20H27N3O5/c1-3-28-19(25)17-16(12-23-10-8-14(24)9-11-23)21-20(26)22-18(17)13-4-6-15(27-2)7-5-13/h4-7,14,18,24H,3,8-12H2,1-2H3,(H2,21,22,26). The number of piperidine rings is 1. The molecule has 0 bridgehead atoms. The lowest BCUT2D eigenvalue weighted by molar-refractivity contribution is -0.139. The molecule has 0 spiro atoms. The molecule has 1 aromatic carbocycles. The fourth-order valence-corrected chi connectivity index (χ4v) is 3.54. The maximum Gasteiger partial charge on any atom is 0.338 e. The minimum absolute atomic E-state index is 0.245. The molecule has 2 heterocycles. The van der Waals surface area contributed by atoms with E-state index >= 15 is 0 Å². The van der Waals surface area contributed by atoms with Crippen molar-refractivity contribution in [3.8, 4) is 5.75 Å². The van der Waals surface area contributed by atoms with E-state index < -0.39 is 12.0 Å². The number of rotatable bonds is 6. The lowest BCUT2D eigenvalue weighted by atomic mass is 9.94. The van der Waals surface area contributed by atoms with Crippen molar-refractivity contribution in [1.82, 2.24) is 15.5 Å². The summed E-state index contributed by atoms with van der Waals surface area (Å²) in [5, 5.41) is 15.3. The highest BCUT2D eigenvalue weighted by molar-refractivity contribution is 5.95. The van der Waals surface area contributed by atoms with Gasteiger partial charge in [0.25, 0.3) is 0 Å². The van der Waals surface area contributed by atoms with Gasteiger partial charge in [-0.15, -0.1) is 0 Å². The number of hydrogen-bond donors (Lipinski definition) is 3. The van der Waals surface area contributed by atoms with Gasteiger partial charge in [-0.3, -0.25) is 4.90 Å². The molecular weight excluding hydrogens is 362 g/mol. The molecule has 2 amide bonds. The number of aliphatic hydroxyl groups excluding tert-OH is 1. The summed E-state index contributed by atoms with van der Waals surface area (Å²) in [7, 11) is 1.58. The quantitative estimate of drug-likeness (QED) is 0.635. The van der Waals surface area contributed by atoms with Crippen LogP contribution in [0, 0.1) is 0 Å². The number of carbonyl (C=O) groups excluding carboxylic acids is 2. The maximum absolute atomic E-state index is 12.8. The van der Waals surface area contributed by atoms with E-state index in [0.29, 0.717) is 49.5 Å². The van der Waals surface area contributed by atoms with E-state index in [0.717, 1.165) is 5.56 Å². The molecule has 1 aromatic rings. The van der Waals surface area contributed by atoms with Crippen LogP contribution in [0.1, 0.15) is 31.4 Å². The van der Waals surface area contributed by atoms with Gasteiger partial charge in [0.2, 0.25) is 0 Å². The summed E-state index contributed by atoms with van der Waals surface area (Å²) in [6.07, 6.45) is 1.07. The van der Waals surface area contributed by atoms with E-state index in [1.807, 2.05) is 12.1 Å². The Morgan fingerprint density at radius 3 is 2.54 bits per heavy atom. The first-order valence-corrected chi connectivity index (χ1v) is 9.53. The van der Waals surface area contributed by atoms with E-state index in [2.05, 4.69) is 15.5 Å². The largest absolute Gasteiger partial charge is 0.497 e. The van der Waals surface area contributed by atoms with Crippen LogP contribution in [0.5, 0.6) is 5.75 Å². The average molecular weight is 389 g/mol. The number of ether oxygens (including phenoxy) is 2. The number of amides is 2. The highest BCUT2D eigenvalue weighted by Crippen LogP contribution is 2.29. The topological polar surface area (TPSA) is 100 Å². The van der Waals surface area contributed by atoms with Gasteiger partial charge in [-0.1, -0.05) is 12.1 Å². The second-order valence-electron chi connectivity index (χ2n) is 6.92. The molecule has 2 aliphatic rings. The van der Waals surface area contributed by atoms with Gasteiger partial charge in [0.1, 0.15) is 5.75 Å². The number of aliphatic hydroxyl groups is 1. The molecule has 0 radical (unpaired) electrons. The Morgan fingerprint density at radius 2 is 1.93 bits per heavy atom. The summed E-state index contributed by atoms with van der Waals surface area (Å²) in [6, 6.07) is 6.26. The zero-order valence-corrected chi connectivity index (χ0v) is 16.2. The smallest absolute Gasteiger partial charge is 0.338 e. The zero-order valence-electron chi connectivity index (χ0n) is 16.2. The molecule has 0 saturated carbocycles. The first kappa shape index (κ1) is 20.2. The molecule has 0 aliphatic carbocycles.